The van der Waals surface area contributed by atoms with Crippen LogP contribution >= 0.6 is 0 Å². The number of aliphatic hydroxyl groups excluding tert-OH is 1. The lowest BCUT2D eigenvalue weighted by Crippen LogP contribution is -2.25. The molecule has 1 aromatic rings. The van der Waals surface area contributed by atoms with E-state index in [-0.39, 0.29) is 5.60 Å². The van der Waals surface area contributed by atoms with Gasteiger partial charge in [-0.3, -0.25) is 0 Å². The van der Waals surface area contributed by atoms with Crippen LogP contribution in [0.1, 0.15) is 31.1 Å². The number of hydrogen-bond donors (Lipinski definition) is 1. The number of benzene rings is 1. The molecule has 78 valence electrons. The van der Waals surface area contributed by atoms with Gasteiger partial charge in [-0.25, -0.2) is 0 Å². The normalized spacial score (nSPS) is 18.8. The lowest BCUT2D eigenvalue weighted by Gasteiger charge is -2.18. The summed E-state index contributed by atoms with van der Waals surface area (Å²) in [7, 11) is 0. The summed E-state index contributed by atoms with van der Waals surface area (Å²) in [5.41, 5.74) is 1.39. The number of hydrogen-bond acceptors (Lipinski definition) is 3. The van der Waals surface area contributed by atoms with Gasteiger partial charge in [0.05, 0.1) is 6.07 Å². The van der Waals surface area contributed by atoms with Crippen LogP contribution in [0.25, 0.3) is 0 Å². The number of nitriles is 1. The molecule has 0 bridgehead atoms. The Morgan fingerprint density at radius 1 is 1.53 bits per heavy atom. The van der Waals surface area contributed by atoms with Gasteiger partial charge in [0.1, 0.15) is 11.4 Å². The first-order valence-electron chi connectivity index (χ1n) is 4.92. The van der Waals surface area contributed by atoms with E-state index in [1.807, 2.05) is 32.0 Å². The van der Waals surface area contributed by atoms with E-state index in [1.165, 1.54) is 0 Å². The summed E-state index contributed by atoms with van der Waals surface area (Å²) >= 11 is 0. The maximum atomic E-state index is 9.52. The van der Waals surface area contributed by atoms with Gasteiger partial charge in [-0.2, -0.15) is 5.26 Å². The smallest absolute Gasteiger partial charge is 0.169 e. The number of para-hydroxylation sites is 1. The van der Waals surface area contributed by atoms with E-state index in [4.69, 9.17) is 10.00 Å². The van der Waals surface area contributed by atoms with E-state index in [0.29, 0.717) is 11.3 Å². The average Bonchev–Trinajstić information content (AvgIpc) is 2.49. The lowest BCUT2D eigenvalue weighted by molar-refractivity contribution is 0.132. The van der Waals surface area contributed by atoms with Gasteiger partial charge in [-0.05, 0) is 19.4 Å². The maximum absolute atomic E-state index is 9.52. The van der Waals surface area contributed by atoms with Crippen LogP contribution in [-0.4, -0.2) is 10.7 Å². The molecule has 1 heterocycles. The second-order valence-corrected chi connectivity index (χ2v) is 4.41. The SMILES string of the molecule is CC1(C)Cc2cccc(C(O)C#N)c2O1. The van der Waals surface area contributed by atoms with E-state index in [2.05, 4.69) is 0 Å². The molecule has 1 atom stereocenters. The Balaban J connectivity index is 2.47. The third kappa shape index (κ3) is 1.69. The van der Waals surface area contributed by atoms with Crippen LogP contribution in [0.2, 0.25) is 0 Å². The van der Waals surface area contributed by atoms with Crippen LogP contribution in [-0.2, 0) is 6.42 Å². The van der Waals surface area contributed by atoms with E-state index < -0.39 is 6.10 Å². The highest BCUT2D eigenvalue weighted by atomic mass is 16.5. The maximum Gasteiger partial charge on any atom is 0.169 e. The van der Waals surface area contributed by atoms with E-state index >= 15 is 0 Å². The molecule has 0 aliphatic carbocycles. The fourth-order valence-corrected chi connectivity index (χ4v) is 1.92. The van der Waals surface area contributed by atoms with Gasteiger partial charge < -0.3 is 9.84 Å². The van der Waals surface area contributed by atoms with Crippen molar-refractivity contribution < 1.29 is 9.84 Å². The summed E-state index contributed by atoms with van der Waals surface area (Å²) in [5.74, 6) is 0.677. The Labute approximate surface area is 88.9 Å². The molecule has 0 saturated carbocycles. The molecular formula is C12H13NO2. The fourth-order valence-electron chi connectivity index (χ4n) is 1.92. The van der Waals surface area contributed by atoms with Crippen LogP contribution in [0.3, 0.4) is 0 Å². The Bertz CT molecular complexity index is 432. The molecule has 0 radical (unpaired) electrons. The molecule has 0 saturated heterocycles. The minimum atomic E-state index is -1.10. The molecule has 1 unspecified atom stereocenters. The van der Waals surface area contributed by atoms with Crippen LogP contribution in [0.15, 0.2) is 18.2 Å². The van der Waals surface area contributed by atoms with Crippen molar-refractivity contribution in [1.82, 2.24) is 0 Å². The van der Waals surface area contributed by atoms with Crippen molar-refractivity contribution in [2.24, 2.45) is 0 Å². The second kappa shape index (κ2) is 3.25. The highest BCUT2D eigenvalue weighted by Crippen LogP contribution is 2.39. The Morgan fingerprint density at radius 2 is 2.27 bits per heavy atom. The van der Waals surface area contributed by atoms with Crippen molar-refractivity contribution in [2.75, 3.05) is 0 Å². The van der Waals surface area contributed by atoms with Crippen LogP contribution in [0.4, 0.5) is 0 Å². The molecule has 2 rings (SSSR count). The molecule has 3 heteroatoms. The third-order valence-electron chi connectivity index (χ3n) is 2.54. The van der Waals surface area contributed by atoms with Gasteiger partial charge in [0.15, 0.2) is 6.10 Å². The molecule has 0 amide bonds. The van der Waals surface area contributed by atoms with Crippen molar-refractivity contribution in [1.29, 1.82) is 5.26 Å². The predicted molar refractivity (Wildman–Crippen MR) is 55.4 cm³/mol. The zero-order chi connectivity index (χ0) is 11.1. The molecule has 3 nitrogen and oxygen atoms in total. The third-order valence-corrected chi connectivity index (χ3v) is 2.54. The van der Waals surface area contributed by atoms with Crippen molar-refractivity contribution in [2.45, 2.75) is 32.0 Å². The topological polar surface area (TPSA) is 53.2 Å². The Hall–Kier alpha value is -1.53. The fraction of sp³-hybridized carbons (Fsp3) is 0.417. The molecule has 0 spiro atoms. The highest BCUT2D eigenvalue weighted by molar-refractivity contribution is 5.47. The number of rotatable bonds is 1. The standard InChI is InChI=1S/C12H13NO2/c1-12(2)6-8-4-3-5-9(10(14)7-13)11(8)15-12/h3-5,10,14H,6H2,1-2H3. The Morgan fingerprint density at radius 3 is 2.93 bits per heavy atom. The summed E-state index contributed by atoms with van der Waals surface area (Å²) in [6.45, 7) is 3.99. The molecule has 0 fully saturated rings. The van der Waals surface area contributed by atoms with Gasteiger partial charge in [0.2, 0.25) is 0 Å². The Kier molecular flexibility index (Phi) is 2.17. The van der Waals surface area contributed by atoms with E-state index in [0.717, 1.165) is 12.0 Å². The predicted octanol–water partition coefficient (Wildman–Crippen LogP) is 1.96. The molecule has 1 aromatic carbocycles. The molecular weight excluding hydrogens is 190 g/mol. The summed E-state index contributed by atoms with van der Waals surface area (Å²) in [5, 5.41) is 18.2. The van der Waals surface area contributed by atoms with Crippen molar-refractivity contribution in [3.05, 3.63) is 29.3 Å². The summed E-state index contributed by atoms with van der Waals surface area (Å²) in [6.07, 6.45) is -0.289. The van der Waals surface area contributed by atoms with Crippen LogP contribution in [0.5, 0.6) is 5.75 Å². The van der Waals surface area contributed by atoms with Gasteiger partial charge in [-0.15, -0.1) is 0 Å². The monoisotopic (exact) mass is 203 g/mol. The summed E-state index contributed by atoms with van der Waals surface area (Å²) in [6, 6.07) is 7.36. The van der Waals surface area contributed by atoms with Crippen molar-refractivity contribution in [3.63, 3.8) is 0 Å². The van der Waals surface area contributed by atoms with E-state index in [9.17, 15) is 5.11 Å². The van der Waals surface area contributed by atoms with E-state index in [1.54, 1.807) is 6.07 Å². The number of ether oxygens (including phenoxy) is 1. The quantitative estimate of drug-likeness (QED) is 0.710. The van der Waals surface area contributed by atoms with Gasteiger partial charge in [-0.1, -0.05) is 18.2 Å². The number of aliphatic hydroxyl groups is 1. The zero-order valence-corrected chi connectivity index (χ0v) is 8.82. The van der Waals surface area contributed by atoms with Crippen molar-refractivity contribution >= 4 is 0 Å². The van der Waals surface area contributed by atoms with Crippen LogP contribution in [0, 0.1) is 11.3 Å². The number of fused-ring (bicyclic) bond motifs is 1. The molecule has 1 aliphatic rings. The number of nitrogens with zero attached hydrogens (tertiary/aromatic N) is 1. The molecule has 1 aliphatic heterocycles. The molecule has 15 heavy (non-hydrogen) atoms. The largest absolute Gasteiger partial charge is 0.487 e. The second-order valence-electron chi connectivity index (χ2n) is 4.41. The van der Waals surface area contributed by atoms with Gasteiger partial charge in [0.25, 0.3) is 0 Å². The molecule has 0 aromatic heterocycles. The first-order chi connectivity index (χ1) is 7.03. The highest BCUT2D eigenvalue weighted by Gasteiger charge is 2.32. The van der Waals surface area contributed by atoms with Crippen LogP contribution < -0.4 is 4.74 Å². The minimum Gasteiger partial charge on any atom is -0.487 e. The average molecular weight is 203 g/mol. The zero-order valence-electron chi connectivity index (χ0n) is 8.82. The first kappa shape index (κ1) is 10.0. The first-order valence-corrected chi connectivity index (χ1v) is 4.92. The summed E-state index contributed by atoms with van der Waals surface area (Å²) < 4.78 is 5.74. The van der Waals surface area contributed by atoms with Gasteiger partial charge >= 0.3 is 0 Å². The summed E-state index contributed by atoms with van der Waals surface area (Å²) in [4.78, 5) is 0. The lowest BCUT2D eigenvalue weighted by atomic mass is 9.99. The van der Waals surface area contributed by atoms with Gasteiger partial charge in [0, 0.05) is 12.0 Å². The minimum absolute atomic E-state index is 0.242. The molecule has 1 N–H and O–H groups in total. The van der Waals surface area contributed by atoms with Crippen molar-refractivity contribution in [3.8, 4) is 11.8 Å².